The molecule has 0 saturated heterocycles. The van der Waals surface area contributed by atoms with Crippen LogP contribution in [0.2, 0.25) is 5.02 Å². The molecule has 10 heteroatoms. The molecule has 0 saturated carbocycles. The van der Waals surface area contributed by atoms with Crippen molar-refractivity contribution in [3.63, 3.8) is 0 Å². The number of aromatic amines is 1. The van der Waals surface area contributed by atoms with Crippen LogP contribution in [0.4, 0.5) is 5.13 Å². The van der Waals surface area contributed by atoms with E-state index in [0.717, 1.165) is 26.9 Å². The van der Waals surface area contributed by atoms with E-state index in [1.807, 2.05) is 18.2 Å². The van der Waals surface area contributed by atoms with Crippen LogP contribution in [0.25, 0.3) is 15.9 Å². The lowest BCUT2D eigenvalue weighted by molar-refractivity contribution is 0.414. The van der Waals surface area contributed by atoms with E-state index in [0.29, 0.717) is 32.8 Å². The van der Waals surface area contributed by atoms with Crippen molar-refractivity contribution in [3.05, 3.63) is 63.0 Å². The van der Waals surface area contributed by atoms with Gasteiger partial charge in [0.15, 0.2) is 0 Å². The number of hydrogen-bond acceptors (Lipinski definition) is 7. The lowest BCUT2D eigenvalue weighted by Gasteiger charge is -2.06. The van der Waals surface area contributed by atoms with Gasteiger partial charge in [-0.05, 0) is 49.0 Å². The smallest absolute Gasteiger partial charge is 0.280 e. The predicted octanol–water partition coefficient (Wildman–Crippen LogP) is 5.07. The van der Waals surface area contributed by atoms with Crippen molar-refractivity contribution in [2.45, 2.75) is 11.8 Å². The third-order valence-corrected chi connectivity index (χ3v) is 6.15. The number of H-pyrrole nitrogens is 1. The Morgan fingerprint density at radius 1 is 1.37 bits per heavy atom. The maximum absolute atomic E-state index is 12.9. The van der Waals surface area contributed by atoms with Gasteiger partial charge in [0.05, 0.1) is 33.6 Å². The van der Waals surface area contributed by atoms with Gasteiger partial charge in [0, 0.05) is 22.9 Å². The lowest BCUT2D eigenvalue weighted by Crippen LogP contribution is -2.17. The molecule has 30 heavy (non-hydrogen) atoms. The van der Waals surface area contributed by atoms with E-state index in [4.69, 9.17) is 21.6 Å². The molecule has 2 aromatic carbocycles. The van der Waals surface area contributed by atoms with Crippen LogP contribution in [0.3, 0.4) is 0 Å². The minimum atomic E-state index is -0.241. The first-order valence-corrected chi connectivity index (χ1v) is 10.7. The summed E-state index contributed by atoms with van der Waals surface area (Å²) in [6.07, 6.45) is 1.51. The van der Waals surface area contributed by atoms with Gasteiger partial charge in [-0.3, -0.25) is 9.89 Å². The van der Waals surface area contributed by atoms with Gasteiger partial charge < -0.3 is 4.74 Å². The number of nitrogens with one attached hydrogen (secondary N) is 1. The number of thiocyanates is 1. The van der Waals surface area contributed by atoms with Crippen molar-refractivity contribution in [2.24, 2.45) is 4.99 Å². The SMILES string of the molecule is COc1cc(-n2[nH]c(C)c(C=Nc3nc4ccc(SC#N)cc4s3)c2=O)ccc1Cl. The second kappa shape index (κ2) is 8.36. The Bertz CT molecular complexity index is 1380. The fourth-order valence-electron chi connectivity index (χ4n) is 2.86. The van der Waals surface area contributed by atoms with Crippen molar-refractivity contribution < 1.29 is 4.74 Å². The zero-order valence-electron chi connectivity index (χ0n) is 15.8. The van der Waals surface area contributed by atoms with Crippen LogP contribution >= 0.6 is 34.7 Å². The number of thioether (sulfide) groups is 1. The zero-order chi connectivity index (χ0) is 21.3. The van der Waals surface area contributed by atoms with Crippen LogP contribution in [0.1, 0.15) is 11.3 Å². The molecule has 0 amide bonds. The average molecular weight is 456 g/mol. The maximum Gasteiger partial charge on any atom is 0.280 e. The van der Waals surface area contributed by atoms with E-state index in [1.54, 1.807) is 25.1 Å². The summed E-state index contributed by atoms with van der Waals surface area (Å²) in [5, 5.41) is 14.9. The Kier molecular flexibility index (Phi) is 5.63. The third-order valence-electron chi connectivity index (χ3n) is 4.33. The second-order valence-electron chi connectivity index (χ2n) is 6.19. The van der Waals surface area contributed by atoms with Crippen molar-refractivity contribution in [1.29, 1.82) is 5.26 Å². The molecule has 0 spiro atoms. The predicted molar refractivity (Wildman–Crippen MR) is 121 cm³/mol. The van der Waals surface area contributed by atoms with Gasteiger partial charge in [0.1, 0.15) is 11.2 Å². The largest absolute Gasteiger partial charge is 0.495 e. The van der Waals surface area contributed by atoms with Gasteiger partial charge in [0.2, 0.25) is 5.13 Å². The first-order chi connectivity index (χ1) is 14.5. The Labute approximate surface area is 184 Å². The molecule has 0 fully saturated rings. The number of ether oxygens (including phenoxy) is 1. The van der Waals surface area contributed by atoms with Crippen molar-refractivity contribution >= 4 is 56.3 Å². The number of benzene rings is 2. The summed E-state index contributed by atoms with van der Waals surface area (Å²) in [6.45, 7) is 1.80. The molecule has 0 aliphatic rings. The molecular formula is C20H14ClN5O2S2. The Morgan fingerprint density at radius 3 is 2.97 bits per heavy atom. The molecule has 2 aromatic heterocycles. The molecule has 2 heterocycles. The van der Waals surface area contributed by atoms with Crippen molar-refractivity contribution in [2.75, 3.05) is 7.11 Å². The molecule has 7 nitrogen and oxygen atoms in total. The topological polar surface area (TPSA) is 96.1 Å². The first kappa shape index (κ1) is 20.2. The highest BCUT2D eigenvalue weighted by molar-refractivity contribution is 8.03. The average Bonchev–Trinajstić information content (AvgIpc) is 3.27. The highest BCUT2D eigenvalue weighted by Crippen LogP contribution is 2.31. The number of nitriles is 1. The minimum absolute atomic E-state index is 0.241. The molecular weight excluding hydrogens is 442 g/mol. The quantitative estimate of drug-likeness (QED) is 0.257. The number of halogens is 1. The molecule has 0 bridgehead atoms. The van der Waals surface area contributed by atoms with Gasteiger partial charge in [-0.15, -0.1) is 0 Å². The molecule has 150 valence electrons. The van der Waals surface area contributed by atoms with Gasteiger partial charge >= 0.3 is 0 Å². The summed E-state index contributed by atoms with van der Waals surface area (Å²) >= 11 is 8.57. The van der Waals surface area contributed by atoms with Crippen LogP contribution in [0.5, 0.6) is 5.75 Å². The highest BCUT2D eigenvalue weighted by atomic mass is 35.5. The highest BCUT2D eigenvalue weighted by Gasteiger charge is 2.13. The maximum atomic E-state index is 12.9. The van der Waals surface area contributed by atoms with Crippen LogP contribution in [-0.2, 0) is 0 Å². The number of methoxy groups -OCH3 is 1. The molecule has 0 atom stereocenters. The third kappa shape index (κ3) is 3.85. The molecule has 0 radical (unpaired) electrons. The summed E-state index contributed by atoms with van der Waals surface area (Å²) in [7, 11) is 1.52. The number of aliphatic imine (C=N–C) groups is 1. The number of thiazole rings is 1. The van der Waals surface area contributed by atoms with E-state index in [2.05, 4.69) is 20.5 Å². The normalized spacial score (nSPS) is 11.3. The second-order valence-corrected chi connectivity index (χ2v) is 8.46. The molecule has 0 unspecified atom stereocenters. The van der Waals surface area contributed by atoms with Crippen LogP contribution < -0.4 is 10.3 Å². The standard InChI is InChI=1S/C20H14ClN5O2S2/c1-11-14(19(27)26(25-11)12-3-5-15(21)17(7-12)28-2)9-23-20-24-16-6-4-13(29-10-22)8-18(16)30-20/h3-9,25H,1-2H3. The zero-order valence-corrected chi connectivity index (χ0v) is 18.2. The van der Waals surface area contributed by atoms with Crippen molar-refractivity contribution in [3.8, 4) is 16.8 Å². The lowest BCUT2D eigenvalue weighted by atomic mass is 10.3. The van der Waals surface area contributed by atoms with E-state index < -0.39 is 0 Å². The molecule has 0 aliphatic carbocycles. The molecule has 0 aliphatic heterocycles. The monoisotopic (exact) mass is 455 g/mol. The van der Waals surface area contributed by atoms with Gasteiger partial charge in [-0.25, -0.2) is 14.7 Å². The fourth-order valence-corrected chi connectivity index (χ4v) is 4.40. The molecule has 4 aromatic rings. The van der Waals surface area contributed by atoms with Gasteiger partial charge in [-0.2, -0.15) is 5.26 Å². The van der Waals surface area contributed by atoms with E-state index in [-0.39, 0.29) is 5.56 Å². The first-order valence-electron chi connectivity index (χ1n) is 8.66. The number of rotatable bonds is 5. The number of nitrogens with zero attached hydrogens (tertiary/aromatic N) is 4. The minimum Gasteiger partial charge on any atom is -0.495 e. The van der Waals surface area contributed by atoms with E-state index >= 15 is 0 Å². The Hall–Kier alpha value is -3.06. The Balaban J connectivity index is 1.67. The summed E-state index contributed by atoms with van der Waals surface area (Å²) in [5.41, 5.74) is 2.27. The van der Waals surface area contributed by atoms with Gasteiger partial charge in [0.25, 0.3) is 5.56 Å². The van der Waals surface area contributed by atoms with E-state index in [9.17, 15) is 4.79 Å². The number of aromatic nitrogens is 3. The molecule has 1 N–H and O–H groups in total. The number of fused-ring (bicyclic) bond motifs is 1. The molecule has 4 rings (SSSR count). The van der Waals surface area contributed by atoms with Crippen molar-refractivity contribution in [1.82, 2.24) is 14.8 Å². The summed E-state index contributed by atoms with van der Waals surface area (Å²) in [6, 6.07) is 10.7. The van der Waals surface area contributed by atoms with E-state index in [1.165, 1.54) is 29.3 Å². The Morgan fingerprint density at radius 2 is 2.20 bits per heavy atom. The van der Waals surface area contributed by atoms with Crippen LogP contribution in [0.15, 0.2) is 51.1 Å². The summed E-state index contributed by atoms with van der Waals surface area (Å²) in [4.78, 5) is 22.6. The number of hydrogen-bond donors (Lipinski definition) is 1. The number of aryl methyl sites for hydroxylation is 1. The van der Waals surface area contributed by atoms with Gasteiger partial charge in [-0.1, -0.05) is 22.9 Å². The summed E-state index contributed by atoms with van der Waals surface area (Å²) < 4.78 is 7.57. The van der Waals surface area contributed by atoms with Crippen LogP contribution in [0, 0.1) is 17.6 Å². The fraction of sp³-hybridized carbons (Fsp3) is 0.100. The van der Waals surface area contributed by atoms with Crippen LogP contribution in [-0.4, -0.2) is 28.1 Å². The summed E-state index contributed by atoms with van der Waals surface area (Å²) in [5.74, 6) is 0.479.